The molecule has 1 aliphatic rings. The fourth-order valence-electron chi connectivity index (χ4n) is 3.34. The van der Waals surface area contributed by atoms with E-state index in [-0.39, 0.29) is 17.6 Å². The standard InChI is InChI=1S/C21H24ClN3O3/c1-15(21(27)28-2)25(14-16-8-4-3-5-9-16)20(26)17-12-18(22)23-19(13-17)24-10-6-7-11-24/h3-5,8-9,12-13,15H,6-7,10-11,14H2,1-2H3. The van der Waals surface area contributed by atoms with Crippen LogP contribution in [-0.2, 0) is 16.1 Å². The van der Waals surface area contributed by atoms with Crippen molar-refractivity contribution in [1.29, 1.82) is 0 Å². The first-order chi connectivity index (χ1) is 13.5. The Bertz CT molecular complexity index is 838. The second kappa shape index (κ2) is 9.06. The van der Waals surface area contributed by atoms with E-state index in [9.17, 15) is 9.59 Å². The van der Waals surface area contributed by atoms with E-state index in [4.69, 9.17) is 16.3 Å². The average molecular weight is 402 g/mol. The van der Waals surface area contributed by atoms with Crippen molar-refractivity contribution in [3.05, 3.63) is 58.7 Å². The predicted octanol–water partition coefficient (Wildman–Crippen LogP) is 3.54. The second-order valence-electron chi connectivity index (χ2n) is 6.85. The van der Waals surface area contributed by atoms with Crippen molar-refractivity contribution < 1.29 is 14.3 Å². The van der Waals surface area contributed by atoms with Gasteiger partial charge in [0.1, 0.15) is 17.0 Å². The molecule has 0 aliphatic carbocycles. The molecule has 28 heavy (non-hydrogen) atoms. The highest BCUT2D eigenvalue weighted by Gasteiger charge is 2.28. The van der Waals surface area contributed by atoms with Crippen molar-refractivity contribution in [2.24, 2.45) is 0 Å². The number of rotatable bonds is 6. The van der Waals surface area contributed by atoms with E-state index in [1.54, 1.807) is 19.1 Å². The number of halogens is 1. The minimum absolute atomic E-state index is 0.262. The highest BCUT2D eigenvalue weighted by Crippen LogP contribution is 2.24. The van der Waals surface area contributed by atoms with E-state index in [1.807, 2.05) is 30.3 Å². The number of nitrogens with zero attached hydrogens (tertiary/aromatic N) is 3. The Morgan fingerprint density at radius 2 is 1.89 bits per heavy atom. The summed E-state index contributed by atoms with van der Waals surface area (Å²) in [5, 5.41) is 0.262. The first kappa shape index (κ1) is 20.1. The van der Waals surface area contributed by atoms with Crippen molar-refractivity contribution in [3.63, 3.8) is 0 Å². The summed E-state index contributed by atoms with van der Waals surface area (Å²) < 4.78 is 4.87. The van der Waals surface area contributed by atoms with E-state index in [0.29, 0.717) is 11.4 Å². The molecule has 1 aromatic carbocycles. The largest absolute Gasteiger partial charge is 0.467 e. The van der Waals surface area contributed by atoms with Gasteiger partial charge in [-0.15, -0.1) is 0 Å². The lowest BCUT2D eigenvalue weighted by atomic mass is 10.1. The first-order valence-electron chi connectivity index (χ1n) is 9.35. The van der Waals surface area contributed by atoms with Crippen LogP contribution in [0.15, 0.2) is 42.5 Å². The molecule has 1 aliphatic heterocycles. The zero-order chi connectivity index (χ0) is 20.1. The minimum Gasteiger partial charge on any atom is -0.467 e. The molecule has 148 valence electrons. The van der Waals surface area contributed by atoms with Gasteiger partial charge >= 0.3 is 5.97 Å². The van der Waals surface area contributed by atoms with Gasteiger partial charge in [0.05, 0.1) is 7.11 Å². The second-order valence-corrected chi connectivity index (χ2v) is 7.24. The fraction of sp³-hybridized carbons (Fsp3) is 0.381. The van der Waals surface area contributed by atoms with Gasteiger partial charge in [0.2, 0.25) is 0 Å². The van der Waals surface area contributed by atoms with Gasteiger partial charge in [-0.2, -0.15) is 0 Å². The molecular weight excluding hydrogens is 378 g/mol. The third-order valence-electron chi connectivity index (χ3n) is 4.92. The highest BCUT2D eigenvalue weighted by molar-refractivity contribution is 6.30. The lowest BCUT2D eigenvalue weighted by molar-refractivity contribution is -0.145. The number of pyridine rings is 1. The van der Waals surface area contributed by atoms with Gasteiger partial charge in [0.25, 0.3) is 5.91 Å². The van der Waals surface area contributed by atoms with Crippen LogP contribution < -0.4 is 4.90 Å². The van der Waals surface area contributed by atoms with E-state index in [2.05, 4.69) is 9.88 Å². The van der Waals surface area contributed by atoms with Crippen LogP contribution in [0.3, 0.4) is 0 Å². The van der Waals surface area contributed by atoms with Gasteiger partial charge in [-0.25, -0.2) is 9.78 Å². The lowest BCUT2D eigenvalue weighted by Crippen LogP contribution is -2.43. The number of aromatic nitrogens is 1. The smallest absolute Gasteiger partial charge is 0.328 e. The number of carbonyl (C=O) groups excluding carboxylic acids is 2. The number of amides is 1. The van der Waals surface area contributed by atoms with Gasteiger partial charge in [0, 0.05) is 25.2 Å². The summed E-state index contributed by atoms with van der Waals surface area (Å²) in [4.78, 5) is 33.5. The molecule has 1 atom stereocenters. The van der Waals surface area contributed by atoms with Gasteiger partial charge in [-0.3, -0.25) is 4.79 Å². The molecule has 1 amide bonds. The molecule has 0 radical (unpaired) electrons. The van der Waals surface area contributed by atoms with Crippen molar-refractivity contribution in [3.8, 4) is 0 Å². The maximum atomic E-state index is 13.3. The Balaban J connectivity index is 1.92. The van der Waals surface area contributed by atoms with Crippen LogP contribution in [-0.4, -0.2) is 48.0 Å². The van der Waals surface area contributed by atoms with Crippen LogP contribution in [0, 0.1) is 0 Å². The molecule has 1 fully saturated rings. The summed E-state index contributed by atoms with van der Waals surface area (Å²) >= 11 is 6.21. The van der Waals surface area contributed by atoms with Crippen LogP contribution in [0.5, 0.6) is 0 Å². The minimum atomic E-state index is -0.736. The predicted molar refractivity (Wildman–Crippen MR) is 108 cm³/mol. The fourth-order valence-corrected chi connectivity index (χ4v) is 3.55. The molecule has 2 aromatic rings. The molecule has 1 saturated heterocycles. The van der Waals surface area contributed by atoms with E-state index in [1.165, 1.54) is 12.0 Å². The Morgan fingerprint density at radius 1 is 1.21 bits per heavy atom. The van der Waals surface area contributed by atoms with E-state index in [0.717, 1.165) is 31.5 Å². The number of esters is 1. The van der Waals surface area contributed by atoms with Crippen LogP contribution in [0.1, 0.15) is 35.7 Å². The third-order valence-corrected chi connectivity index (χ3v) is 5.12. The number of hydrogen-bond donors (Lipinski definition) is 0. The Hall–Kier alpha value is -2.60. The maximum absolute atomic E-state index is 13.3. The summed E-state index contributed by atoms with van der Waals surface area (Å²) in [7, 11) is 1.32. The third kappa shape index (κ3) is 4.62. The summed E-state index contributed by atoms with van der Waals surface area (Å²) in [6.45, 7) is 3.74. The molecular formula is C21H24ClN3O3. The number of benzene rings is 1. The number of carbonyl (C=O) groups is 2. The molecule has 0 bridgehead atoms. The molecule has 3 rings (SSSR count). The number of methoxy groups -OCH3 is 1. The number of ether oxygens (including phenoxy) is 1. The molecule has 7 heteroatoms. The zero-order valence-corrected chi connectivity index (χ0v) is 16.9. The van der Waals surface area contributed by atoms with Gasteiger partial charge in [-0.05, 0) is 37.5 Å². The number of anilines is 1. The summed E-state index contributed by atoms with van der Waals surface area (Å²) in [5.41, 5.74) is 1.33. The molecule has 1 unspecified atom stereocenters. The SMILES string of the molecule is COC(=O)C(C)N(Cc1ccccc1)C(=O)c1cc(Cl)nc(N2CCCC2)c1. The van der Waals surface area contributed by atoms with Gasteiger partial charge in [-0.1, -0.05) is 41.9 Å². The molecule has 2 heterocycles. The van der Waals surface area contributed by atoms with Crippen LogP contribution in [0.2, 0.25) is 5.15 Å². The highest BCUT2D eigenvalue weighted by atomic mass is 35.5. The molecule has 6 nitrogen and oxygen atoms in total. The maximum Gasteiger partial charge on any atom is 0.328 e. The number of hydrogen-bond acceptors (Lipinski definition) is 5. The van der Waals surface area contributed by atoms with Gasteiger partial charge in [0.15, 0.2) is 0 Å². The molecule has 0 N–H and O–H groups in total. The summed E-state index contributed by atoms with van der Waals surface area (Å²) in [6.07, 6.45) is 2.19. The van der Waals surface area contributed by atoms with Crippen molar-refractivity contribution in [2.75, 3.05) is 25.1 Å². The zero-order valence-electron chi connectivity index (χ0n) is 16.1. The lowest BCUT2D eigenvalue weighted by Gasteiger charge is -2.28. The summed E-state index contributed by atoms with van der Waals surface area (Å²) in [6, 6.07) is 12.1. The molecule has 1 aromatic heterocycles. The topological polar surface area (TPSA) is 62.7 Å². The van der Waals surface area contributed by atoms with Crippen LogP contribution in [0.25, 0.3) is 0 Å². The van der Waals surface area contributed by atoms with Crippen molar-refractivity contribution >= 4 is 29.3 Å². The van der Waals surface area contributed by atoms with Crippen LogP contribution in [0.4, 0.5) is 5.82 Å². The van der Waals surface area contributed by atoms with Crippen LogP contribution >= 0.6 is 11.6 Å². The van der Waals surface area contributed by atoms with Crippen molar-refractivity contribution in [2.45, 2.75) is 32.4 Å². The summed E-state index contributed by atoms with van der Waals surface area (Å²) in [5.74, 6) is -0.0607. The average Bonchev–Trinajstić information content (AvgIpc) is 3.25. The van der Waals surface area contributed by atoms with Crippen molar-refractivity contribution in [1.82, 2.24) is 9.88 Å². The normalized spacial score (nSPS) is 14.6. The Labute approximate surface area is 170 Å². The quantitative estimate of drug-likeness (QED) is 0.547. The monoisotopic (exact) mass is 401 g/mol. The van der Waals surface area contributed by atoms with E-state index >= 15 is 0 Å². The Kier molecular flexibility index (Phi) is 6.52. The van der Waals surface area contributed by atoms with E-state index < -0.39 is 12.0 Å². The molecule has 0 saturated carbocycles. The van der Waals surface area contributed by atoms with Gasteiger partial charge < -0.3 is 14.5 Å². The Morgan fingerprint density at radius 3 is 2.54 bits per heavy atom. The molecule has 0 spiro atoms. The first-order valence-corrected chi connectivity index (χ1v) is 9.72.